The van der Waals surface area contributed by atoms with Crippen molar-refractivity contribution in [2.75, 3.05) is 5.32 Å². The van der Waals surface area contributed by atoms with Crippen molar-refractivity contribution >= 4 is 17.0 Å². The van der Waals surface area contributed by atoms with Crippen LogP contribution in [0.5, 0.6) is 0 Å². The average Bonchev–Trinajstić information content (AvgIpc) is 3.17. The van der Waals surface area contributed by atoms with Crippen LogP contribution in [0.15, 0.2) is 36.4 Å². The standard InChI is InChI=1S/C14H15N5S/c1-2-12-6-7-13(20-12)9-15-11-5-3-4-10(8-11)14-16-18-19-17-14/h3-8,15H,2,9H2,1H3,(H,16,17,18,19). The van der Waals surface area contributed by atoms with Crippen LogP contribution < -0.4 is 5.32 Å². The summed E-state index contributed by atoms with van der Waals surface area (Å²) in [6.07, 6.45) is 1.10. The number of aryl methyl sites for hydroxylation is 1. The predicted octanol–water partition coefficient (Wildman–Crippen LogP) is 3.10. The number of tetrazole rings is 1. The van der Waals surface area contributed by atoms with E-state index in [-0.39, 0.29) is 0 Å². The van der Waals surface area contributed by atoms with Crippen molar-refractivity contribution in [1.82, 2.24) is 20.6 Å². The number of hydrogen-bond donors (Lipinski definition) is 2. The van der Waals surface area contributed by atoms with Gasteiger partial charge in [0.25, 0.3) is 0 Å². The molecule has 0 atom stereocenters. The van der Waals surface area contributed by atoms with Crippen molar-refractivity contribution in [1.29, 1.82) is 0 Å². The van der Waals surface area contributed by atoms with Crippen LogP contribution in [0.3, 0.4) is 0 Å². The fourth-order valence-electron chi connectivity index (χ4n) is 1.95. The molecule has 3 rings (SSSR count). The van der Waals surface area contributed by atoms with Gasteiger partial charge >= 0.3 is 0 Å². The number of hydrogen-bond acceptors (Lipinski definition) is 5. The fourth-order valence-corrected chi connectivity index (χ4v) is 2.85. The van der Waals surface area contributed by atoms with E-state index < -0.39 is 0 Å². The molecule has 2 N–H and O–H groups in total. The van der Waals surface area contributed by atoms with Crippen LogP contribution in [0.2, 0.25) is 0 Å². The molecule has 0 aliphatic rings. The third kappa shape index (κ3) is 2.85. The summed E-state index contributed by atoms with van der Waals surface area (Å²) < 4.78 is 0. The van der Waals surface area contributed by atoms with Gasteiger partial charge in [0.15, 0.2) is 0 Å². The van der Waals surface area contributed by atoms with Crippen LogP contribution in [0.1, 0.15) is 16.7 Å². The summed E-state index contributed by atoms with van der Waals surface area (Å²) in [7, 11) is 0. The quantitative estimate of drug-likeness (QED) is 0.756. The summed E-state index contributed by atoms with van der Waals surface area (Å²) >= 11 is 1.85. The molecule has 0 saturated carbocycles. The molecule has 3 aromatic rings. The van der Waals surface area contributed by atoms with Crippen LogP contribution in [0, 0.1) is 0 Å². The molecule has 0 bridgehead atoms. The molecular formula is C14H15N5S. The first kappa shape index (κ1) is 12.8. The summed E-state index contributed by atoms with van der Waals surface area (Å²) in [6.45, 7) is 3.01. The Morgan fingerprint density at radius 1 is 1.20 bits per heavy atom. The van der Waals surface area contributed by atoms with Crippen LogP contribution in [0.4, 0.5) is 5.69 Å². The molecule has 0 unspecified atom stereocenters. The minimum Gasteiger partial charge on any atom is -0.380 e. The molecule has 6 heteroatoms. The predicted molar refractivity (Wildman–Crippen MR) is 80.6 cm³/mol. The van der Waals surface area contributed by atoms with Crippen molar-refractivity contribution in [3.8, 4) is 11.4 Å². The smallest absolute Gasteiger partial charge is 0.204 e. The van der Waals surface area contributed by atoms with Crippen LogP contribution in [-0.2, 0) is 13.0 Å². The Balaban J connectivity index is 1.70. The van der Waals surface area contributed by atoms with Gasteiger partial charge in [-0.2, -0.15) is 5.21 Å². The number of rotatable bonds is 5. The maximum atomic E-state index is 3.99. The van der Waals surface area contributed by atoms with Gasteiger partial charge in [-0.15, -0.1) is 21.5 Å². The average molecular weight is 285 g/mol. The van der Waals surface area contributed by atoms with E-state index >= 15 is 0 Å². The van der Waals surface area contributed by atoms with Crippen molar-refractivity contribution < 1.29 is 0 Å². The number of nitrogens with one attached hydrogen (secondary N) is 2. The zero-order chi connectivity index (χ0) is 13.8. The Morgan fingerprint density at radius 2 is 2.10 bits per heavy atom. The van der Waals surface area contributed by atoms with Crippen molar-refractivity contribution in [3.63, 3.8) is 0 Å². The van der Waals surface area contributed by atoms with E-state index in [4.69, 9.17) is 0 Å². The van der Waals surface area contributed by atoms with Gasteiger partial charge < -0.3 is 5.32 Å². The lowest BCUT2D eigenvalue weighted by atomic mass is 10.2. The van der Waals surface area contributed by atoms with Gasteiger partial charge in [-0.1, -0.05) is 19.1 Å². The molecular weight excluding hydrogens is 270 g/mol. The number of aromatic nitrogens is 4. The van der Waals surface area contributed by atoms with Gasteiger partial charge in [-0.3, -0.25) is 0 Å². The van der Waals surface area contributed by atoms with Gasteiger partial charge in [0, 0.05) is 27.5 Å². The Morgan fingerprint density at radius 3 is 2.85 bits per heavy atom. The molecule has 102 valence electrons. The van der Waals surface area contributed by atoms with Gasteiger partial charge in [0.05, 0.1) is 0 Å². The molecule has 0 spiro atoms. The molecule has 5 nitrogen and oxygen atoms in total. The first-order valence-electron chi connectivity index (χ1n) is 6.50. The summed E-state index contributed by atoms with van der Waals surface area (Å²) in [5, 5.41) is 17.4. The Bertz CT molecular complexity index is 674. The minimum atomic E-state index is 0.609. The Kier molecular flexibility index (Phi) is 3.73. The first-order valence-corrected chi connectivity index (χ1v) is 7.32. The molecule has 0 amide bonds. The lowest BCUT2D eigenvalue weighted by molar-refractivity contribution is 0.881. The molecule has 0 fully saturated rings. The van der Waals surface area contributed by atoms with Gasteiger partial charge in [-0.25, -0.2) is 0 Å². The van der Waals surface area contributed by atoms with Crippen molar-refractivity contribution in [3.05, 3.63) is 46.2 Å². The van der Waals surface area contributed by atoms with Crippen molar-refractivity contribution in [2.24, 2.45) is 0 Å². The summed E-state index contributed by atoms with van der Waals surface area (Å²) in [6, 6.07) is 12.4. The molecule has 0 aliphatic heterocycles. The molecule has 2 aromatic heterocycles. The zero-order valence-corrected chi connectivity index (χ0v) is 11.9. The molecule has 20 heavy (non-hydrogen) atoms. The summed E-state index contributed by atoms with van der Waals surface area (Å²) in [5.74, 6) is 0.609. The van der Waals surface area contributed by atoms with Gasteiger partial charge in [0.1, 0.15) is 0 Å². The highest BCUT2D eigenvalue weighted by Crippen LogP contribution is 2.21. The van der Waals surface area contributed by atoms with E-state index in [0.29, 0.717) is 5.82 Å². The van der Waals surface area contributed by atoms with Crippen LogP contribution in [0.25, 0.3) is 11.4 Å². The van der Waals surface area contributed by atoms with E-state index in [1.807, 2.05) is 35.6 Å². The molecule has 2 heterocycles. The van der Waals surface area contributed by atoms with E-state index in [1.165, 1.54) is 9.75 Å². The normalized spacial score (nSPS) is 10.7. The number of nitrogens with zero attached hydrogens (tertiary/aromatic N) is 3. The largest absolute Gasteiger partial charge is 0.380 e. The number of anilines is 1. The number of H-pyrrole nitrogens is 1. The molecule has 0 aliphatic carbocycles. The molecule has 0 saturated heterocycles. The van der Waals surface area contributed by atoms with E-state index in [1.54, 1.807) is 0 Å². The highest BCUT2D eigenvalue weighted by atomic mass is 32.1. The Hall–Kier alpha value is -2.21. The fraction of sp³-hybridized carbons (Fsp3) is 0.214. The maximum Gasteiger partial charge on any atom is 0.204 e. The number of benzene rings is 1. The first-order chi connectivity index (χ1) is 9.85. The maximum absolute atomic E-state index is 3.99. The highest BCUT2D eigenvalue weighted by Gasteiger charge is 2.04. The van der Waals surface area contributed by atoms with E-state index in [9.17, 15) is 0 Å². The van der Waals surface area contributed by atoms with Crippen LogP contribution >= 0.6 is 11.3 Å². The third-order valence-corrected chi connectivity index (χ3v) is 4.23. The second-order valence-corrected chi connectivity index (χ2v) is 5.64. The topological polar surface area (TPSA) is 66.5 Å². The van der Waals surface area contributed by atoms with Gasteiger partial charge in [-0.05, 0) is 35.9 Å². The lowest BCUT2D eigenvalue weighted by Crippen LogP contribution is -1.97. The zero-order valence-electron chi connectivity index (χ0n) is 11.1. The minimum absolute atomic E-state index is 0.609. The number of aromatic amines is 1. The summed E-state index contributed by atoms with van der Waals surface area (Å²) in [5.41, 5.74) is 2.00. The highest BCUT2D eigenvalue weighted by molar-refractivity contribution is 7.12. The molecule has 1 aromatic carbocycles. The second-order valence-electron chi connectivity index (χ2n) is 4.39. The van der Waals surface area contributed by atoms with Crippen molar-refractivity contribution in [2.45, 2.75) is 19.9 Å². The molecule has 0 radical (unpaired) electrons. The SMILES string of the molecule is CCc1ccc(CNc2cccc(-c3nn[nH]n3)c2)s1. The summed E-state index contributed by atoms with van der Waals surface area (Å²) in [4.78, 5) is 2.76. The number of thiophene rings is 1. The van der Waals surface area contributed by atoms with E-state index in [0.717, 1.165) is 24.2 Å². The Labute approximate surface area is 121 Å². The lowest BCUT2D eigenvalue weighted by Gasteiger charge is -2.05. The van der Waals surface area contributed by atoms with Gasteiger partial charge in [0.2, 0.25) is 5.82 Å². The third-order valence-electron chi connectivity index (χ3n) is 3.00. The van der Waals surface area contributed by atoms with Crippen LogP contribution in [-0.4, -0.2) is 20.6 Å². The van der Waals surface area contributed by atoms with E-state index in [2.05, 4.69) is 45.0 Å². The monoisotopic (exact) mass is 285 g/mol. The second kappa shape index (κ2) is 5.83.